The number of hydrogen-bond acceptors (Lipinski definition) is 4. The maximum atomic E-state index is 12.1. The second-order valence-electron chi connectivity index (χ2n) is 4.55. The van der Waals surface area contributed by atoms with Gasteiger partial charge in [-0.15, -0.1) is 12.3 Å². The molecule has 0 aliphatic carbocycles. The van der Waals surface area contributed by atoms with Crippen molar-refractivity contribution in [2.75, 3.05) is 12.9 Å². The minimum Gasteiger partial charge on any atom is -0.468 e. The summed E-state index contributed by atoms with van der Waals surface area (Å²) in [6, 6.07) is 0. The molecule has 8 heteroatoms. The van der Waals surface area contributed by atoms with E-state index >= 15 is 0 Å². The van der Waals surface area contributed by atoms with Crippen LogP contribution in [0.3, 0.4) is 0 Å². The van der Waals surface area contributed by atoms with Crippen LogP contribution in [0.1, 0.15) is 38.5 Å². The zero-order valence-corrected chi connectivity index (χ0v) is 12.6. The molecule has 0 N–H and O–H groups in total. The van der Waals surface area contributed by atoms with Gasteiger partial charge in [0.1, 0.15) is 0 Å². The van der Waals surface area contributed by atoms with Crippen LogP contribution in [0.2, 0.25) is 0 Å². The molecule has 0 fully saturated rings. The Labute approximate surface area is 123 Å². The van der Waals surface area contributed by atoms with Crippen LogP contribution in [0.4, 0.5) is 13.2 Å². The van der Waals surface area contributed by atoms with Gasteiger partial charge in [0.2, 0.25) is 0 Å². The Morgan fingerprint density at radius 3 is 2.38 bits per heavy atom. The molecular weight excluding hydrogens is 309 g/mol. The molecule has 0 rings (SSSR count). The highest BCUT2D eigenvalue weighted by Crippen LogP contribution is 2.23. The van der Waals surface area contributed by atoms with Crippen molar-refractivity contribution in [1.29, 1.82) is 0 Å². The summed E-state index contributed by atoms with van der Waals surface area (Å²) in [6.07, 6.45) is 1.14. The van der Waals surface area contributed by atoms with Crippen LogP contribution in [0.15, 0.2) is 0 Å². The molecule has 1 atom stereocenters. The number of methoxy groups -OCH3 is 1. The van der Waals surface area contributed by atoms with Gasteiger partial charge in [0, 0.05) is 6.42 Å². The summed E-state index contributed by atoms with van der Waals surface area (Å²) >= 11 is 0. The molecule has 0 aromatic heterocycles. The summed E-state index contributed by atoms with van der Waals surface area (Å²) in [5, 5.41) is -1.55. The smallest absolute Gasteiger partial charge is 0.390 e. The summed E-state index contributed by atoms with van der Waals surface area (Å²) < 4.78 is 64.5. The molecular formula is C13H19F3O4S. The minimum absolute atomic E-state index is 0.0581. The third-order valence-corrected chi connectivity index (χ3v) is 4.92. The average Bonchev–Trinajstić information content (AvgIpc) is 2.39. The Morgan fingerprint density at radius 2 is 1.90 bits per heavy atom. The molecule has 0 aliphatic heterocycles. The zero-order chi connectivity index (χ0) is 16.5. The van der Waals surface area contributed by atoms with Crippen molar-refractivity contribution in [1.82, 2.24) is 0 Å². The number of rotatable bonds is 9. The third kappa shape index (κ3) is 8.60. The van der Waals surface area contributed by atoms with Crippen LogP contribution in [-0.2, 0) is 19.4 Å². The highest BCUT2D eigenvalue weighted by Gasteiger charge is 2.37. The van der Waals surface area contributed by atoms with Crippen LogP contribution in [0.5, 0.6) is 0 Å². The summed E-state index contributed by atoms with van der Waals surface area (Å²) in [5.74, 6) is 0.292. The van der Waals surface area contributed by atoms with Crippen molar-refractivity contribution in [3.8, 4) is 12.3 Å². The lowest BCUT2D eigenvalue weighted by molar-refractivity contribution is -0.140. The summed E-state index contributed by atoms with van der Waals surface area (Å²) in [4.78, 5) is 11.5. The molecule has 0 radical (unpaired) electrons. The van der Waals surface area contributed by atoms with Gasteiger partial charge in [0.15, 0.2) is 15.1 Å². The monoisotopic (exact) mass is 328 g/mol. The van der Waals surface area contributed by atoms with Gasteiger partial charge in [-0.3, -0.25) is 4.79 Å². The number of hydrogen-bond donors (Lipinski definition) is 0. The predicted molar refractivity (Wildman–Crippen MR) is 72.2 cm³/mol. The van der Waals surface area contributed by atoms with Gasteiger partial charge in [-0.2, -0.15) is 13.2 Å². The number of ether oxygens (including phenoxy) is 1. The first-order chi connectivity index (χ1) is 9.64. The van der Waals surface area contributed by atoms with Gasteiger partial charge in [0.25, 0.3) is 0 Å². The fourth-order valence-electron chi connectivity index (χ4n) is 1.71. The van der Waals surface area contributed by atoms with E-state index in [4.69, 9.17) is 6.42 Å². The van der Waals surface area contributed by atoms with Gasteiger partial charge in [0.05, 0.1) is 19.3 Å². The molecule has 0 aliphatic rings. The fraction of sp³-hybridized carbons (Fsp3) is 0.769. The molecule has 21 heavy (non-hydrogen) atoms. The van der Waals surface area contributed by atoms with Gasteiger partial charge < -0.3 is 4.74 Å². The van der Waals surface area contributed by atoms with Gasteiger partial charge in [-0.1, -0.05) is 12.8 Å². The molecule has 0 heterocycles. The first-order valence-electron chi connectivity index (χ1n) is 6.43. The van der Waals surface area contributed by atoms with Crippen molar-refractivity contribution in [3.63, 3.8) is 0 Å². The Balaban J connectivity index is 4.66. The van der Waals surface area contributed by atoms with Crippen LogP contribution in [0, 0.1) is 12.3 Å². The Morgan fingerprint density at radius 1 is 1.29 bits per heavy atom. The van der Waals surface area contributed by atoms with E-state index in [0.717, 1.165) is 7.11 Å². The number of terminal acetylenes is 1. The highest BCUT2D eigenvalue weighted by atomic mass is 32.2. The van der Waals surface area contributed by atoms with Gasteiger partial charge in [-0.25, -0.2) is 8.42 Å². The minimum atomic E-state index is -4.58. The standard InChI is InChI=1S/C13H19F3O4S/c1-3-4-5-6-7-8-11(12(17)20-2)21(18,19)10-9-13(14,15)16/h1,11H,4-10H2,2H3. The number of alkyl halides is 3. The van der Waals surface area contributed by atoms with Crippen LogP contribution < -0.4 is 0 Å². The second-order valence-corrected chi connectivity index (χ2v) is 6.85. The van der Waals surface area contributed by atoms with Gasteiger partial charge >= 0.3 is 12.1 Å². The van der Waals surface area contributed by atoms with E-state index in [-0.39, 0.29) is 6.42 Å². The van der Waals surface area contributed by atoms with Crippen LogP contribution in [0.25, 0.3) is 0 Å². The first kappa shape index (κ1) is 19.8. The molecule has 0 spiro atoms. The summed E-state index contributed by atoms with van der Waals surface area (Å²) in [7, 11) is -3.19. The molecule has 4 nitrogen and oxygen atoms in total. The fourth-order valence-corrected chi connectivity index (χ4v) is 3.42. The van der Waals surface area contributed by atoms with Crippen molar-refractivity contribution >= 4 is 15.8 Å². The van der Waals surface area contributed by atoms with Crippen LogP contribution in [-0.4, -0.2) is 38.7 Å². The number of carbonyl (C=O) groups excluding carboxylic acids is 1. The lowest BCUT2D eigenvalue weighted by Crippen LogP contribution is -2.34. The Bertz CT molecular complexity index is 463. The van der Waals surface area contributed by atoms with Crippen LogP contribution >= 0.6 is 0 Å². The van der Waals surface area contributed by atoms with Crippen molar-refractivity contribution in [3.05, 3.63) is 0 Å². The average molecular weight is 328 g/mol. The second kappa shape index (κ2) is 8.93. The largest absolute Gasteiger partial charge is 0.468 e. The predicted octanol–water partition coefficient (Wildman–Crippen LogP) is 2.48. The van der Waals surface area contributed by atoms with E-state index in [9.17, 15) is 26.4 Å². The summed E-state index contributed by atoms with van der Waals surface area (Å²) in [6.45, 7) is 0. The topological polar surface area (TPSA) is 60.4 Å². The number of sulfone groups is 1. The van der Waals surface area contributed by atoms with Crippen molar-refractivity contribution < 1.29 is 31.1 Å². The molecule has 0 saturated heterocycles. The van der Waals surface area contributed by atoms with E-state index < -0.39 is 39.4 Å². The zero-order valence-electron chi connectivity index (χ0n) is 11.8. The van der Waals surface area contributed by atoms with Gasteiger partial charge in [-0.05, 0) is 12.8 Å². The van der Waals surface area contributed by atoms with Crippen molar-refractivity contribution in [2.45, 2.75) is 50.0 Å². The molecule has 122 valence electrons. The lowest BCUT2D eigenvalue weighted by atomic mass is 10.1. The molecule has 0 aromatic rings. The maximum Gasteiger partial charge on any atom is 0.390 e. The van der Waals surface area contributed by atoms with Crippen molar-refractivity contribution in [2.24, 2.45) is 0 Å². The van der Waals surface area contributed by atoms with E-state index in [1.807, 2.05) is 0 Å². The maximum absolute atomic E-state index is 12.1. The Hall–Kier alpha value is -1.23. The number of carbonyl (C=O) groups is 1. The molecule has 0 amide bonds. The first-order valence-corrected chi connectivity index (χ1v) is 8.15. The third-order valence-electron chi connectivity index (χ3n) is 2.86. The number of esters is 1. The summed E-state index contributed by atoms with van der Waals surface area (Å²) in [5.41, 5.74) is 0. The van der Waals surface area contributed by atoms with E-state index in [0.29, 0.717) is 25.7 Å². The molecule has 0 bridgehead atoms. The number of halogens is 3. The number of unbranched alkanes of at least 4 members (excludes halogenated alkanes) is 3. The van der Waals surface area contributed by atoms with E-state index in [2.05, 4.69) is 10.7 Å². The van der Waals surface area contributed by atoms with E-state index in [1.165, 1.54) is 0 Å². The quantitative estimate of drug-likeness (QED) is 0.371. The Kier molecular flexibility index (Phi) is 8.40. The van der Waals surface area contributed by atoms with E-state index in [1.54, 1.807) is 0 Å². The molecule has 0 aromatic carbocycles. The normalized spacial score (nSPS) is 13.5. The SMILES string of the molecule is C#CCCCCCC(C(=O)OC)S(=O)(=O)CCC(F)(F)F. The lowest BCUT2D eigenvalue weighted by Gasteiger charge is -2.16. The highest BCUT2D eigenvalue weighted by molar-refractivity contribution is 7.92. The molecule has 0 saturated carbocycles. The molecule has 1 unspecified atom stereocenters.